The second-order valence-electron chi connectivity index (χ2n) is 5.30. The van der Waals surface area contributed by atoms with Gasteiger partial charge in [0.25, 0.3) is 0 Å². The molecule has 0 aromatic carbocycles. The van der Waals surface area contributed by atoms with E-state index in [1.807, 2.05) is 26.8 Å². The van der Waals surface area contributed by atoms with Gasteiger partial charge in [-0.25, -0.2) is 0 Å². The van der Waals surface area contributed by atoms with Crippen molar-refractivity contribution in [2.75, 3.05) is 6.61 Å². The molecule has 0 amide bonds. The number of carbonyl (C=O) groups is 1. The minimum atomic E-state index is -0.471. The lowest BCUT2D eigenvalue weighted by Gasteiger charge is -2.47. The predicted molar refractivity (Wildman–Crippen MR) is 59.3 cm³/mol. The molecule has 0 spiro atoms. The second kappa shape index (κ2) is 3.05. The van der Waals surface area contributed by atoms with E-state index in [4.69, 9.17) is 5.11 Å². The van der Waals surface area contributed by atoms with Crippen molar-refractivity contribution >= 4 is 5.78 Å². The first-order valence-corrected chi connectivity index (χ1v) is 5.49. The lowest BCUT2D eigenvalue weighted by molar-refractivity contribution is -0.136. The first-order valence-electron chi connectivity index (χ1n) is 5.49. The summed E-state index contributed by atoms with van der Waals surface area (Å²) in [6, 6.07) is 0. The zero-order valence-electron chi connectivity index (χ0n) is 9.58. The molecule has 3 aliphatic rings. The average molecular weight is 206 g/mol. The summed E-state index contributed by atoms with van der Waals surface area (Å²) in [5.74, 6) is 0.488. The number of ketones is 1. The smallest absolute Gasteiger partial charge is 0.153 e. The zero-order chi connectivity index (χ0) is 11.3. The molecule has 3 rings (SSSR count). The molecule has 0 heterocycles. The molecule has 82 valence electrons. The summed E-state index contributed by atoms with van der Waals surface area (Å²) in [7, 11) is 0. The van der Waals surface area contributed by atoms with Crippen molar-refractivity contribution < 1.29 is 9.90 Å². The normalized spacial score (nSPS) is 36.9. The maximum atomic E-state index is 12.3. The number of hydrogen-bond acceptors (Lipinski definition) is 2. The summed E-state index contributed by atoms with van der Waals surface area (Å²) < 4.78 is 0. The highest BCUT2D eigenvalue weighted by Gasteiger charge is 2.52. The van der Waals surface area contributed by atoms with Crippen molar-refractivity contribution in [1.82, 2.24) is 0 Å². The third-order valence-corrected chi connectivity index (χ3v) is 3.96. The Morgan fingerprint density at radius 3 is 2.67 bits per heavy atom. The first-order chi connectivity index (χ1) is 6.93. The highest BCUT2D eigenvalue weighted by Crippen LogP contribution is 2.52. The van der Waals surface area contributed by atoms with E-state index < -0.39 is 5.41 Å². The molecule has 0 aromatic rings. The van der Waals surface area contributed by atoms with E-state index in [0.717, 1.165) is 5.57 Å². The van der Waals surface area contributed by atoms with Crippen LogP contribution < -0.4 is 0 Å². The van der Waals surface area contributed by atoms with Gasteiger partial charge >= 0.3 is 0 Å². The van der Waals surface area contributed by atoms with Gasteiger partial charge in [-0.3, -0.25) is 4.79 Å². The fraction of sp³-hybridized carbons (Fsp3) is 0.615. The van der Waals surface area contributed by atoms with Gasteiger partial charge in [-0.1, -0.05) is 37.6 Å². The van der Waals surface area contributed by atoms with Crippen LogP contribution in [0.5, 0.6) is 0 Å². The Morgan fingerprint density at radius 1 is 1.40 bits per heavy atom. The largest absolute Gasteiger partial charge is 0.396 e. The average Bonchev–Trinajstić information content (AvgIpc) is 2.18. The number of aliphatic hydroxyl groups excluding tert-OH is 1. The van der Waals surface area contributed by atoms with Crippen LogP contribution in [-0.4, -0.2) is 17.5 Å². The van der Waals surface area contributed by atoms with Gasteiger partial charge in [0.05, 0.1) is 5.41 Å². The Hall–Kier alpha value is -0.890. The molecule has 0 saturated carbocycles. The van der Waals surface area contributed by atoms with Gasteiger partial charge in [0.15, 0.2) is 5.78 Å². The molecule has 2 unspecified atom stereocenters. The third kappa shape index (κ3) is 1.24. The van der Waals surface area contributed by atoms with E-state index in [-0.39, 0.29) is 23.7 Å². The van der Waals surface area contributed by atoms with Crippen LogP contribution in [0, 0.1) is 16.7 Å². The number of fused-ring (bicyclic) bond motifs is 1. The fourth-order valence-electron chi connectivity index (χ4n) is 2.80. The number of hydrogen-bond donors (Lipinski definition) is 1. The molecular formula is C13H18O2. The van der Waals surface area contributed by atoms with Crippen LogP contribution in [0.2, 0.25) is 0 Å². The van der Waals surface area contributed by atoms with Crippen LogP contribution in [0.25, 0.3) is 0 Å². The Morgan fingerprint density at radius 2 is 2.07 bits per heavy atom. The van der Waals surface area contributed by atoms with Crippen molar-refractivity contribution in [3.8, 4) is 0 Å². The van der Waals surface area contributed by atoms with Crippen molar-refractivity contribution in [2.45, 2.75) is 27.2 Å². The molecule has 0 aromatic heterocycles. The molecule has 3 aliphatic carbocycles. The van der Waals surface area contributed by atoms with E-state index in [2.05, 4.69) is 12.2 Å². The summed E-state index contributed by atoms with van der Waals surface area (Å²) in [6.07, 6.45) is 6.91. The third-order valence-electron chi connectivity index (χ3n) is 3.96. The topological polar surface area (TPSA) is 37.3 Å². The Labute approximate surface area is 90.7 Å². The van der Waals surface area contributed by atoms with Crippen LogP contribution in [0.1, 0.15) is 27.2 Å². The summed E-state index contributed by atoms with van der Waals surface area (Å²) in [5, 5.41) is 9.00. The SMILES string of the molecule is CC12C=CC(C=C1CCO)C(C)(C)C2=O. The summed E-state index contributed by atoms with van der Waals surface area (Å²) in [6.45, 7) is 6.10. The molecule has 1 N–H and O–H groups in total. The van der Waals surface area contributed by atoms with Crippen LogP contribution in [0.4, 0.5) is 0 Å². The second-order valence-corrected chi connectivity index (χ2v) is 5.30. The van der Waals surface area contributed by atoms with E-state index >= 15 is 0 Å². The number of carbonyl (C=O) groups excluding carboxylic acids is 1. The van der Waals surface area contributed by atoms with Gasteiger partial charge < -0.3 is 5.11 Å². The fourth-order valence-corrected chi connectivity index (χ4v) is 2.80. The van der Waals surface area contributed by atoms with Crippen LogP contribution in [-0.2, 0) is 4.79 Å². The molecule has 2 nitrogen and oxygen atoms in total. The molecule has 0 aliphatic heterocycles. The lowest BCUT2D eigenvalue weighted by atomic mass is 9.54. The number of rotatable bonds is 2. The van der Waals surface area contributed by atoms with E-state index in [0.29, 0.717) is 6.42 Å². The first kappa shape index (κ1) is 10.6. The summed E-state index contributed by atoms with van der Waals surface area (Å²) in [5.41, 5.74) is 0.325. The van der Waals surface area contributed by atoms with Gasteiger partial charge in [-0.15, -0.1) is 0 Å². The number of Topliss-reactive ketones (excluding diaryl/α,β-unsaturated/α-hetero) is 1. The highest BCUT2D eigenvalue weighted by molar-refractivity contribution is 5.97. The number of aliphatic hydroxyl groups is 1. The highest BCUT2D eigenvalue weighted by atomic mass is 16.3. The summed E-state index contributed by atoms with van der Waals surface area (Å²) >= 11 is 0. The Kier molecular flexibility index (Phi) is 2.16. The molecule has 15 heavy (non-hydrogen) atoms. The van der Waals surface area contributed by atoms with Gasteiger partial charge in [-0.05, 0) is 13.3 Å². The monoisotopic (exact) mass is 206 g/mol. The Bertz CT molecular complexity index is 363. The van der Waals surface area contributed by atoms with Crippen LogP contribution >= 0.6 is 0 Å². The number of allylic oxidation sites excluding steroid dienone is 3. The molecular weight excluding hydrogens is 188 g/mol. The molecule has 0 fully saturated rings. The predicted octanol–water partition coefficient (Wildman–Crippen LogP) is 2.10. The maximum Gasteiger partial charge on any atom is 0.153 e. The molecule has 2 heteroatoms. The molecule has 2 bridgehead atoms. The van der Waals surface area contributed by atoms with E-state index in [9.17, 15) is 4.79 Å². The zero-order valence-corrected chi connectivity index (χ0v) is 9.58. The van der Waals surface area contributed by atoms with Crippen molar-refractivity contribution in [3.05, 3.63) is 23.8 Å². The lowest BCUT2D eigenvalue weighted by Crippen LogP contribution is -2.49. The van der Waals surface area contributed by atoms with Gasteiger partial charge in [0.1, 0.15) is 0 Å². The van der Waals surface area contributed by atoms with Gasteiger partial charge in [-0.2, -0.15) is 0 Å². The molecule has 0 saturated heterocycles. The van der Waals surface area contributed by atoms with E-state index in [1.165, 1.54) is 0 Å². The molecule has 0 radical (unpaired) electrons. The van der Waals surface area contributed by atoms with Gasteiger partial charge in [0, 0.05) is 17.9 Å². The minimum Gasteiger partial charge on any atom is -0.396 e. The molecule has 2 atom stereocenters. The van der Waals surface area contributed by atoms with Gasteiger partial charge in [0.2, 0.25) is 0 Å². The standard InChI is InChI=1S/C13H18O2/c1-12(2)9-4-6-13(3,11(12)15)10(8-9)5-7-14/h4,6,8-9,14H,5,7H2,1-3H3. The van der Waals surface area contributed by atoms with Crippen LogP contribution in [0.15, 0.2) is 23.8 Å². The van der Waals surface area contributed by atoms with Crippen molar-refractivity contribution in [3.63, 3.8) is 0 Å². The van der Waals surface area contributed by atoms with E-state index in [1.54, 1.807) is 0 Å². The van der Waals surface area contributed by atoms with Crippen molar-refractivity contribution in [1.29, 1.82) is 0 Å². The Balaban J connectivity index is 2.48. The van der Waals surface area contributed by atoms with Crippen molar-refractivity contribution in [2.24, 2.45) is 16.7 Å². The maximum absolute atomic E-state index is 12.3. The minimum absolute atomic E-state index is 0.121. The summed E-state index contributed by atoms with van der Waals surface area (Å²) in [4.78, 5) is 12.3. The quantitative estimate of drug-likeness (QED) is 0.702. The van der Waals surface area contributed by atoms with Crippen LogP contribution in [0.3, 0.4) is 0 Å².